The zero-order valence-electron chi connectivity index (χ0n) is 20.9. The summed E-state index contributed by atoms with van der Waals surface area (Å²) in [7, 11) is 0. The lowest BCUT2D eigenvalue weighted by Gasteiger charge is -2.07. The Bertz CT molecular complexity index is 740. The highest BCUT2D eigenvalue weighted by Crippen LogP contribution is 2.34. The quantitative estimate of drug-likeness (QED) is 0.201. The summed E-state index contributed by atoms with van der Waals surface area (Å²) in [4.78, 5) is 13.7. The van der Waals surface area contributed by atoms with Gasteiger partial charge in [0.05, 0.1) is 30.4 Å². The first kappa shape index (κ1) is 25.6. The van der Waals surface area contributed by atoms with Crippen molar-refractivity contribution in [2.24, 2.45) is 5.92 Å². The van der Waals surface area contributed by atoms with Crippen LogP contribution in [-0.2, 0) is 6.42 Å². The SMILES string of the molecule is CCCCCCCCOc1ccc(-c2cnc(CCCCCCCCCC3CC3)cn2)nc1. The van der Waals surface area contributed by atoms with E-state index in [0.717, 1.165) is 48.2 Å². The van der Waals surface area contributed by atoms with E-state index in [1.54, 1.807) is 6.20 Å². The normalized spacial score (nSPS) is 13.4. The highest BCUT2D eigenvalue weighted by molar-refractivity contribution is 5.53. The van der Waals surface area contributed by atoms with Crippen LogP contribution in [0.15, 0.2) is 30.7 Å². The minimum absolute atomic E-state index is 0.766. The third-order valence-electron chi connectivity index (χ3n) is 6.71. The molecule has 0 unspecified atom stereocenters. The number of hydrogen-bond donors (Lipinski definition) is 0. The molecular weight excluding hydrogens is 406 g/mol. The van der Waals surface area contributed by atoms with Gasteiger partial charge in [0.25, 0.3) is 0 Å². The fraction of sp³-hybridized carbons (Fsp3) is 0.690. The summed E-state index contributed by atoms with van der Waals surface area (Å²) < 4.78 is 5.83. The van der Waals surface area contributed by atoms with Gasteiger partial charge in [0, 0.05) is 6.20 Å². The molecule has 4 nitrogen and oxygen atoms in total. The first-order chi connectivity index (χ1) is 16.3. The van der Waals surface area contributed by atoms with Crippen LogP contribution in [0.1, 0.15) is 115 Å². The molecule has 3 rings (SSSR count). The summed E-state index contributed by atoms with van der Waals surface area (Å²) >= 11 is 0. The van der Waals surface area contributed by atoms with Crippen LogP contribution in [-0.4, -0.2) is 21.6 Å². The van der Waals surface area contributed by atoms with E-state index in [9.17, 15) is 0 Å². The molecule has 0 N–H and O–H groups in total. The summed E-state index contributed by atoms with van der Waals surface area (Å²) in [6, 6.07) is 3.96. The molecule has 2 aromatic heterocycles. The molecule has 1 fully saturated rings. The Balaban J connectivity index is 1.25. The third kappa shape index (κ3) is 11.1. The van der Waals surface area contributed by atoms with Crippen LogP contribution < -0.4 is 4.74 Å². The summed E-state index contributed by atoms with van der Waals surface area (Å²) in [5.41, 5.74) is 2.76. The van der Waals surface area contributed by atoms with E-state index in [2.05, 4.69) is 21.9 Å². The number of aromatic nitrogens is 3. The van der Waals surface area contributed by atoms with Crippen molar-refractivity contribution in [1.82, 2.24) is 15.0 Å². The topological polar surface area (TPSA) is 47.9 Å². The molecule has 0 spiro atoms. The lowest BCUT2D eigenvalue weighted by molar-refractivity contribution is 0.303. The number of pyridine rings is 1. The summed E-state index contributed by atoms with van der Waals surface area (Å²) in [6.07, 6.45) is 28.3. The molecule has 0 bridgehead atoms. The predicted octanol–water partition coefficient (Wildman–Crippen LogP) is 8.35. The average molecular weight is 452 g/mol. The Morgan fingerprint density at radius 2 is 1.39 bits per heavy atom. The van der Waals surface area contributed by atoms with Gasteiger partial charge in [-0.15, -0.1) is 0 Å². The Morgan fingerprint density at radius 3 is 2.06 bits per heavy atom. The van der Waals surface area contributed by atoms with Gasteiger partial charge in [-0.05, 0) is 37.3 Å². The zero-order valence-corrected chi connectivity index (χ0v) is 20.9. The Kier molecular flexibility index (Phi) is 12.3. The summed E-state index contributed by atoms with van der Waals surface area (Å²) in [5.74, 6) is 1.93. The van der Waals surface area contributed by atoms with Crippen LogP contribution >= 0.6 is 0 Å². The van der Waals surface area contributed by atoms with Crippen LogP contribution in [0.2, 0.25) is 0 Å². The van der Waals surface area contributed by atoms with Crippen molar-refractivity contribution in [3.05, 3.63) is 36.4 Å². The number of nitrogens with zero attached hydrogens (tertiary/aromatic N) is 3. The first-order valence-corrected chi connectivity index (χ1v) is 13.8. The van der Waals surface area contributed by atoms with Crippen LogP contribution in [0.5, 0.6) is 5.75 Å². The van der Waals surface area contributed by atoms with Crippen molar-refractivity contribution in [2.75, 3.05) is 6.61 Å². The Hall–Kier alpha value is -1.97. The van der Waals surface area contributed by atoms with Gasteiger partial charge in [-0.2, -0.15) is 0 Å². The molecule has 0 atom stereocenters. The Morgan fingerprint density at radius 1 is 0.697 bits per heavy atom. The molecule has 1 aliphatic carbocycles. The average Bonchev–Trinajstić information content (AvgIpc) is 3.68. The molecular formula is C29H45N3O. The van der Waals surface area contributed by atoms with Gasteiger partial charge in [0.2, 0.25) is 0 Å². The number of aryl methyl sites for hydroxylation is 1. The molecule has 2 heterocycles. The number of ether oxygens (including phenoxy) is 1. The highest BCUT2D eigenvalue weighted by Gasteiger charge is 2.19. The minimum atomic E-state index is 0.766. The van der Waals surface area contributed by atoms with Gasteiger partial charge in [-0.25, -0.2) is 0 Å². The number of hydrogen-bond acceptors (Lipinski definition) is 4. The van der Waals surface area contributed by atoms with Crippen LogP contribution in [0.25, 0.3) is 11.4 Å². The second-order valence-corrected chi connectivity index (χ2v) is 9.85. The smallest absolute Gasteiger partial charge is 0.137 e. The molecule has 33 heavy (non-hydrogen) atoms. The second kappa shape index (κ2) is 15.8. The maximum Gasteiger partial charge on any atom is 0.137 e. The third-order valence-corrected chi connectivity index (χ3v) is 6.71. The predicted molar refractivity (Wildman–Crippen MR) is 137 cm³/mol. The fourth-order valence-corrected chi connectivity index (χ4v) is 4.34. The van der Waals surface area contributed by atoms with Crippen molar-refractivity contribution in [1.29, 1.82) is 0 Å². The molecule has 0 radical (unpaired) electrons. The van der Waals surface area contributed by atoms with E-state index >= 15 is 0 Å². The second-order valence-electron chi connectivity index (χ2n) is 9.85. The van der Waals surface area contributed by atoms with Crippen molar-refractivity contribution in [3.8, 4) is 17.1 Å². The molecule has 0 amide bonds. The molecule has 0 aliphatic heterocycles. The van der Waals surface area contributed by atoms with Crippen LogP contribution in [0, 0.1) is 5.92 Å². The first-order valence-electron chi connectivity index (χ1n) is 13.8. The van der Waals surface area contributed by atoms with Crippen LogP contribution in [0.4, 0.5) is 0 Å². The molecule has 0 saturated heterocycles. The van der Waals surface area contributed by atoms with Gasteiger partial charge in [0.1, 0.15) is 11.4 Å². The van der Waals surface area contributed by atoms with E-state index in [1.807, 2.05) is 24.5 Å². The summed E-state index contributed by atoms with van der Waals surface area (Å²) in [5, 5.41) is 0. The van der Waals surface area contributed by atoms with E-state index in [1.165, 1.54) is 96.3 Å². The van der Waals surface area contributed by atoms with Crippen LogP contribution in [0.3, 0.4) is 0 Å². The fourth-order valence-electron chi connectivity index (χ4n) is 4.34. The monoisotopic (exact) mass is 451 g/mol. The summed E-state index contributed by atoms with van der Waals surface area (Å²) in [6.45, 7) is 3.02. The van der Waals surface area contributed by atoms with Gasteiger partial charge in [-0.3, -0.25) is 15.0 Å². The standard InChI is InChI=1S/C29H45N3O/c1-2-3-4-5-11-14-21-33-27-19-20-28(32-23-27)29-24-30-26(22-31-29)16-13-10-8-6-7-9-12-15-25-17-18-25/h19-20,22-25H,2-18,21H2,1H3. The van der Waals surface area contributed by atoms with E-state index in [4.69, 9.17) is 4.74 Å². The maximum absolute atomic E-state index is 5.83. The Labute approximate surface area is 202 Å². The van der Waals surface area contributed by atoms with E-state index in [-0.39, 0.29) is 0 Å². The van der Waals surface area contributed by atoms with Crippen molar-refractivity contribution in [2.45, 2.75) is 116 Å². The van der Waals surface area contributed by atoms with Crippen molar-refractivity contribution >= 4 is 0 Å². The van der Waals surface area contributed by atoms with Gasteiger partial charge in [-0.1, -0.05) is 96.8 Å². The number of unbranched alkanes of at least 4 members (excludes halogenated alkanes) is 11. The molecule has 2 aromatic rings. The van der Waals surface area contributed by atoms with E-state index in [0.29, 0.717) is 0 Å². The van der Waals surface area contributed by atoms with Gasteiger partial charge < -0.3 is 4.74 Å². The minimum Gasteiger partial charge on any atom is -0.492 e. The number of rotatable bonds is 19. The molecule has 1 aliphatic rings. The van der Waals surface area contributed by atoms with Gasteiger partial charge in [0.15, 0.2) is 0 Å². The molecule has 182 valence electrons. The molecule has 0 aromatic carbocycles. The lowest BCUT2D eigenvalue weighted by atomic mass is 10.1. The molecule has 4 heteroatoms. The molecule has 1 saturated carbocycles. The maximum atomic E-state index is 5.83. The van der Waals surface area contributed by atoms with E-state index < -0.39 is 0 Å². The lowest BCUT2D eigenvalue weighted by Crippen LogP contribution is -1.98. The highest BCUT2D eigenvalue weighted by atomic mass is 16.5. The zero-order chi connectivity index (χ0) is 23.0. The largest absolute Gasteiger partial charge is 0.492 e. The van der Waals surface area contributed by atoms with Crippen molar-refractivity contribution in [3.63, 3.8) is 0 Å². The van der Waals surface area contributed by atoms with Crippen molar-refractivity contribution < 1.29 is 4.74 Å². The van der Waals surface area contributed by atoms with Gasteiger partial charge >= 0.3 is 0 Å².